The first-order valence-corrected chi connectivity index (χ1v) is 7.68. The van der Waals surface area contributed by atoms with Crippen LogP contribution >= 0.6 is 22.6 Å². The van der Waals surface area contributed by atoms with Crippen LogP contribution in [0.5, 0.6) is 5.75 Å². The Bertz CT molecular complexity index is 546. The van der Waals surface area contributed by atoms with E-state index in [2.05, 4.69) is 46.3 Å². The lowest BCUT2D eigenvalue weighted by atomic mass is 10.3. The first-order chi connectivity index (χ1) is 10.2. The molecule has 1 rings (SSSR count). The Labute approximate surface area is 139 Å². The number of benzene rings is 1. The molecule has 0 aromatic heterocycles. The lowest BCUT2D eigenvalue weighted by Crippen LogP contribution is -2.14. The van der Waals surface area contributed by atoms with E-state index < -0.39 is 6.09 Å². The molecule has 0 saturated heterocycles. The van der Waals surface area contributed by atoms with Crippen LogP contribution in [0, 0.1) is 15.4 Å². The van der Waals surface area contributed by atoms with E-state index in [1.165, 1.54) is 0 Å². The minimum absolute atomic E-state index is 0.335. The predicted molar refractivity (Wildman–Crippen MR) is 92.5 cm³/mol. The zero-order valence-corrected chi connectivity index (χ0v) is 14.1. The van der Waals surface area contributed by atoms with Gasteiger partial charge in [-0.15, -0.1) is 6.58 Å². The monoisotopic (exact) mass is 399 g/mol. The maximum absolute atomic E-state index is 11.4. The van der Waals surface area contributed by atoms with E-state index in [4.69, 9.17) is 9.47 Å². The zero-order chi connectivity index (χ0) is 15.5. The van der Waals surface area contributed by atoms with E-state index in [1.807, 2.05) is 12.1 Å². The number of nitrogens with one attached hydrogen (secondary N) is 1. The lowest BCUT2D eigenvalue weighted by Gasteiger charge is -2.11. The van der Waals surface area contributed by atoms with Gasteiger partial charge >= 0.3 is 6.09 Å². The molecule has 0 bridgehead atoms. The van der Waals surface area contributed by atoms with E-state index in [9.17, 15) is 4.79 Å². The van der Waals surface area contributed by atoms with Gasteiger partial charge in [0.2, 0.25) is 0 Å². The van der Waals surface area contributed by atoms with E-state index in [0.717, 1.165) is 9.32 Å². The third kappa shape index (κ3) is 6.54. The van der Waals surface area contributed by atoms with Gasteiger partial charge in [0.05, 0.1) is 22.5 Å². The lowest BCUT2D eigenvalue weighted by molar-refractivity contribution is 0.168. The molecule has 0 aliphatic carbocycles. The average molecular weight is 399 g/mol. The highest BCUT2D eigenvalue weighted by Crippen LogP contribution is 2.28. The van der Waals surface area contributed by atoms with Crippen molar-refractivity contribution in [2.75, 3.05) is 18.5 Å². The number of ether oxygens (including phenoxy) is 2. The highest BCUT2D eigenvalue weighted by Gasteiger charge is 2.09. The summed E-state index contributed by atoms with van der Waals surface area (Å²) in [5.41, 5.74) is 0.671. The summed E-state index contributed by atoms with van der Waals surface area (Å²) in [4.78, 5) is 11.4. The van der Waals surface area contributed by atoms with Crippen molar-refractivity contribution in [2.45, 2.75) is 19.8 Å². The summed E-state index contributed by atoms with van der Waals surface area (Å²) in [5.74, 6) is 6.68. The summed E-state index contributed by atoms with van der Waals surface area (Å²) in [6.45, 7) is 6.20. The average Bonchev–Trinajstić information content (AvgIpc) is 2.46. The number of rotatable bonds is 6. The van der Waals surface area contributed by atoms with Crippen molar-refractivity contribution in [3.63, 3.8) is 0 Å². The maximum Gasteiger partial charge on any atom is 0.411 e. The number of halogens is 1. The molecule has 0 radical (unpaired) electrons. The van der Waals surface area contributed by atoms with Gasteiger partial charge in [0.25, 0.3) is 0 Å². The van der Waals surface area contributed by atoms with E-state index >= 15 is 0 Å². The number of allylic oxidation sites excluding steroid dienone is 1. The molecule has 0 aliphatic rings. The minimum Gasteiger partial charge on any atom is -0.491 e. The molecule has 1 aromatic rings. The van der Waals surface area contributed by atoms with Crippen LogP contribution in [-0.2, 0) is 4.74 Å². The van der Waals surface area contributed by atoms with E-state index in [-0.39, 0.29) is 0 Å². The smallest absolute Gasteiger partial charge is 0.411 e. The molecule has 0 fully saturated rings. The maximum atomic E-state index is 11.4. The Balaban J connectivity index is 2.58. The summed E-state index contributed by atoms with van der Waals surface area (Å²) in [7, 11) is 0. The third-order valence-corrected chi connectivity index (χ3v) is 3.44. The van der Waals surface area contributed by atoms with Crippen LogP contribution < -0.4 is 10.1 Å². The second-order valence-corrected chi connectivity index (χ2v) is 4.99. The molecule has 5 heteroatoms. The first kappa shape index (κ1) is 17.4. The molecule has 0 saturated carbocycles. The highest BCUT2D eigenvalue weighted by molar-refractivity contribution is 14.1. The Morgan fingerprint density at radius 3 is 3.00 bits per heavy atom. The standard InChI is InChI=1S/C16H18INO3/c1-3-5-6-7-8-12-21-14-11-9-10-13(15(14)17)18-16(19)20-4-2/h3,9-11H,1,4-5,8,12H2,2H3,(H,18,19). The normalized spacial score (nSPS) is 9.24. The van der Waals surface area contributed by atoms with Crippen LogP contribution in [0.3, 0.4) is 0 Å². The van der Waals surface area contributed by atoms with Crippen LogP contribution in [0.2, 0.25) is 0 Å². The van der Waals surface area contributed by atoms with Gasteiger partial charge < -0.3 is 9.47 Å². The van der Waals surface area contributed by atoms with Crippen molar-refractivity contribution in [3.8, 4) is 17.6 Å². The molecule has 0 aliphatic heterocycles. The molecular weight excluding hydrogens is 381 g/mol. The Kier molecular flexibility index (Phi) is 8.36. The molecular formula is C16H18INO3. The SMILES string of the molecule is C=CCC#CCCOc1cccc(NC(=O)OCC)c1I. The fourth-order valence-electron chi connectivity index (χ4n) is 1.44. The molecule has 4 nitrogen and oxygen atoms in total. The highest BCUT2D eigenvalue weighted by atomic mass is 127. The van der Waals surface area contributed by atoms with Gasteiger partial charge in [0, 0.05) is 12.8 Å². The van der Waals surface area contributed by atoms with Crippen molar-refractivity contribution in [3.05, 3.63) is 34.4 Å². The summed E-state index contributed by atoms with van der Waals surface area (Å²) in [6.07, 6.45) is 2.64. The molecule has 0 heterocycles. The van der Waals surface area contributed by atoms with Gasteiger partial charge in [-0.05, 0) is 41.6 Å². The van der Waals surface area contributed by atoms with Crippen molar-refractivity contribution >= 4 is 34.4 Å². The third-order valence-electron chi connectivity index (χ3n) is 2.33. The Morgan fingerprint density at radius 2 is 2.29 bits per heavy atom. The molecule has 112 valence electrons. The number of amides is 1. The van der Waals surface area contributed by atoms with Gasteiger partial charge in [-0.1, -0.05) is 24.0 Å². The summed E-state index contributed by atoms with van der Waals surface area (Å²) in [5, 5.41) is 2.68. The van der Waals surface area contributed by atoms with Crippen LogP contribution in [0.25, 0.3) is 0 Å². The van der Waals surface area contributed by atoms with Crippen molar-refractivity contribution in [2.24, 2.45) is 0 Å². The number of carbonyl (C=O) groups is 1. The number of hydrogen-bond donors (Lipinski definition) is 1. The van der Waals surface area contributed by atoms with E-state index in [0.29, 0.717) is 31.7 Å². The van der Waals surface area contributed by atoms with Crippen molar-refractivity contribution in [1.82, 2.24) is 0 Å². The topological polar surface area (TPSA) is 47.6 Å². The minimum atomic E-state index is -0.470. The quantitative estimate of drug-likeness (QED) is 0.338. The fourth-order valence-corrected chi connectivity index (χ4v) is 2.09. The molecule has 21 heavy (non-hydrogen) atoms. The van der Waals surface area contributed by atoms with Crippen LogP contribution in [0.1, 0.15) is 19.8 Å². The molecule has 0 spiro atoms. The number of carbonyl (C=O) groups excluding carboxylic acids is 1. The van der Waals surface area contributed by atoms with E-state index in [1.54, 1.807) is 19.1 Å². The van der Waals surface area contributed by atoms with Gasteiger partial charge in [-0.3, -0.25) is 5.32 Å². The first-order valence-electron chi connectivity index (χ1n) is 6.60. The van der Waals surface area contributed by atoms with Gasteiger partial charge in [-0.2, -0.15) is 0 Å². The molecule has 0 atom stereocenters. The zero-order valence-electron chi connectivity index (χ0n) is 11.9. The fraction of sp³-hybridized carbons (Fsp3) is 0.312. The Morgan fingerprint density at radius 1 is 1.48 bits per heavy atom. The molecule has 1 amide bonds. The van der Waals surface area contributed by atoms with Gasteiger partial charge in [-0.25, -0.2) is 4.79 Å². The second-order valence-electron chi connectivity index (χ2n) is 3.91. The molecule has 1 N–H and O–H groups in total. The van der Waals surface area contributed by atoms with Crippen molar-refractivity contribution in [1.29, 1.82) is 0 Å². The van der Waals surface area contributed by atoms with Crippen molar-refractivity contribution < 1.29 is 14.3 Å². The van der Waals surface area contributed by atoms with Gasteiger partial charge in [0.15, 0.2) is 0 Å². The number of hydrogen-bond acceptors (Lipinski definition) is 3. The van der Waals surface area contributed by atoms with Crippen LogP contribution in [0.4, 0.5) is 10.5 Å². The largest absolute Gasteiger partial charge is 0.491 e. The van der Waals surface area contributed by atoms with Crippen LogP contribution in [0.15, 0.2) is 30.9 Å². The van der Waals surface area contributed by atoms with Gasteiger partial charge in [0.1, 0.15) is 5.75 Å². The summed E-state index contributed by atoms with van der Waals surface area (Å²) in [6, 6.07) is 5.48. The Hall–Kier alpha value is -1.68. The second kappa shape index (κ2) is 10.1. The van der Waals surface area contributed by atoms with Crippen LogP contribution in [-0.4, -0.2) is 19.3 Å². The molecule has 0 unspecified atom stereocenters. The summed E-state index contributed by atoms with van der Waals surface area (Å²) >= 11 is 2.13. The number of anilines is 1. The predicted octanol–water partition coefficient (Wildman–Crippen LogP) is 4.21. The summed E-state index contributed by atoms with van der Waals surface area (Å²) < 4.78 is 11.4. The molecule has 1 aromatic carbocycles.